The summed E-state index contributed by atoms with van der Waals surface area (Å²) in [6, 6.07) is 1.75. The van der Waals surface area contributed by atoms with Crippen molar-refractivity contribution in [3.8, 4) is 0 Å². The molecule has 0 aromatic carbocycles. The van der Waals surface area contributed by atoms with Crippen molar-refractivity contribution in [1.29, 1.82) is 0 Å². The summed E-state index contributed by atoms with van der Waals surface area (Å²) in [4.78, 5) is 24.9. The Kier molecular flexibility index (Phi) is 6.26. The summed E-state index contributed by atoms with van der Waals surface area (Å²) in [7, 11) is 0. The molecule has 0 aliphatic carbocycles. The summed E-state index contributed by atoms with van der Waals surface area (Å²) >= 11 is 3.38. The van der Waals surface area contributed by atoms with E-state index in [0.29, 0.717) is 5.69 Å². The van der Waals surface area contributed by atoms with E-state index in [4.69, 9.17) is 5.11 Å². The van der Waals surface area contributed by atoms with Gasteiger partial charge < -0.3 is 14.6 Å². The quantitative estimate of drug-likeness (QED) is 0.826. The predicted molar refractivity (Wildman–Crippen MR) is 80.8 cm³/mol. The molecule has 112 valence electrons. The van der Waals surface area contributed by atoms with Gasteiger partial charge in [0.15, 0.2) is 0 Å². The minimum atomic E-state index is -0.895. The van der Waals surface area contributed by atoms with Crippen molar-refractivity contribution in [2.24, 2.45) is 0 Å². The van der Waals surface area contributed by atoms with E-state index >= 15 is 0 Å². The molecule has 0 unspecified atom stereocenters. The lowest BCUT2D eigenvalue weighted by Crippen LogP contribution is -2.39. The fraction of sp³-hybridized carbons (Fsp3) is 0.571. The normalized spacial score (nSPS) is 10.8. The fourth-order valence-electron chi connectivity index (χ4n) is 2.04. The predicted octanol–water partition coefficient (Wildman–Crippen LogP) is 2.99. The molecule has 0 aliphatic heterocycles. The molecule has 20 heavy (non-hydrogen) atoms. The minimum Gasteiger partial charge on any atom is -0.481 e. The zero-order chi connectivity index (χ0) is 15.3. The molecule has 5 nitrogen and oxygen atoms in total. The van der Waals surface area contributed by atoms with Crippen molar-refractivity contribution in [3.05, 3.63) is 22.4 Å². The van der Waals surface area contributed by atoms with E-state index < -0.39 is 5.97 Å². The summed E-state index contributed by atoms with van der Waals surface area (Å²) < 4.78 is 2.76. The second kappa shape index (κ2) is 7.47. The Morgan fingerprint density at radius 3 is 2.60 bits per heavy atom. The standard InChI is InChI=1S/C14H21BrN2O3/c1-4-6-16-9-11(15)8-12(16)14(20)17(10(2)3)7-5-13(18)19/h8-10H,4-7H2,1-3H3,(H,18,19). The van der Waals surface area contributed by atoms with Crippen LogP contribution in [0.1, 0.15) is 44.1 Å². The van der Waals surface area contributed by atoms with Crippen molar-refractivity contribution in [1.82, 2.24) is 9.47 Å². The Morgan fingerprint density at radius 1 is 1.45 bits per heavy atom. The molecule has 0 fully saturated rings. The van der Waals surface area contributed by atoms with Gasteiger partial charge in [0, 0.05) is 29.8 Å². The highest BCUT2D eigenvalue weighted by Crippen LogP contribution is 2.18. The van der Waals surface area contributed by atoms with Gasteiger partial charge in [0.2, 0.25) is 0 Å². The molecule has 0 atom stereocenters. The Morgan fingerprint density at radius 2 is 2.10 bits per heavy atom. The first-order valence-corrected chi connectivity index (χ1v) is 7.54. The van der Waals surface area contributed by atoms with Gasteiger partial charge >= 0.3 is 5.97 Å². The number of carboxylic acids is 1. The molecule has 1 rings (SSSR count). The van der Waals surface area contributed by atoms with Crippen molar-refractivity contribution in [2.75, 3.05) is 6.54 Å². The topological polar surface area (TPSA) is 62.5 Å². The molecule has 0 spiro atoms. The van der Waals surface area contributed by atoms with Crippen LogP contribution < -0.4 is 0 Å². The van der Waals surface area contributed by atoms with E-state index in [9.17, 15) is 9.59 Å². The highest BCUT2D eigenvalue weighted by atomic mass is 79.9. The first kappa shape index (κ1) is 16.8. The molecule has 1 aromatic rings. The van der Waals surface area contributed by atoms with Gasteiger partial charge in [-0.25, -0.2) is 0 Å². The molecular weight excluding hydrogens is 324 g/mol. The lowest BCUT2D eigenvalue weighted by Gasteiger charge is -2.26. The van der Waals surface area contributed by atoms with Crippen molar-refractivity contribution in [3.63, 3.8) is 0 Å². The monoisotopic (exact) mass is 344 g/mol. The number of hydrogen-bond donors (Lipinski definition) is 1. The number of carbonyl (C=O) groups is 2. The van der Waals surface area contributed by atoms with Gasteiger partial charge in [0.05, 0.1) is 6.42 Å². The number of aromatic nitrogens is 1. The van der Waals surface area contributed by atoms with Crippen molar-refractivity contribution in [2.45, 2.75) is 46.2 Å². The molecule has 1 aromatic heterocycles. The Labute approximate surface area is 127 Å². The van der Waals surface area contributed by atoms with Crippen LogP contribution in [0.25, 0.3) is 0 Å². The summed E-state index contributed by atoms with van der Waals surface area (Å²) in [5.41, 5.74) is 0.595. The van der Waals surface area contributed by atoms with Gasteiger partial charge in [-0.2, -0.15) is 0 Å². The fourth-order valence-corrected chi connectivity index (χ4v) is 2.50. The van der Waals surface area contributed by atoms with E-state index in [0.717, 1.165) is 17.4 Å². The molecule has 0 aliphatic rings. The number of carbonyl (C=O) groups excluding carboxylic acids is 1. The third-order valence-corrected chi connectivity index (χ3v) is 3.43. The molecular formula is C14H21BrN2O3. The van der Waals surface area contributed by atoms with Gasteiger partial charge in [-0.05, 0) is 42.3 Å². The molecule has 0 saturated heterocycles. The number of amides is 1. The lowest BCUT2D eigenvalue weighted by molar-refractivity contribution is -0.137. The average Bonchev–Trinajstić information content (AvgIpc) is 2.70. The van der Waals surface area contributed by atoms with Crippen LogP contribution in [0.5, 0.6) is 0 Å². The van der Waals surface area contributed by atoms with Gasteiger partial charge in [-0.1, -0.05) is 6.92 Å². The largest absolute Gasteiger partial charge is 0.481 e. The molecule has 0 saturated carbocycles. The Bertz CT molecular complexity index is 483. The third-order valence-electron chi connectivity index (χ3n) is 3.00. The number of halogens is 1. The zero-order valence-corrected chi connectivity index (χ0v) is 13.7. The van der Waals surface area contributed by atoms with Crippen LogP contribution >= 0.6 is 15.9 Å². The smallest absolute Gasteiger partial charge is 0.305 e. The SMILES string of the molecule is CCCn1cc(Br)cc1C(=O)N(CCC(=O)O)C(C)C. The van der Waals surface area contributed by atoms with E-state index in [1.165, 1.54) is 0 Å². The number of hydrogen-bond acceptors (Lipinski definition) is 2. The molecule has 0 radical (unpaired) electrons. The molecule has 6 heteroatoms. The second-order valence-electron chi connectivity index (χ2n) is 4.97. The minimum absolute atomic E-state index is 0.0365. The van der Waals surface area contributed by atoms with E-state index in [-0.39, 0.29) is 24.9 Å². The highest BCUT2D eigenvalue weighted by Gasteiger charge is 2.22. The molecule has 1 N–H and O–H groups in total. The first-order valence-electron chi connectivity index (χ1n) is 6.75. The van der Waals surface area contributed by atoms with Gasteiger partial charge in [0.25, 0.3) is 5.91 Å². The number of rotatable bonds is 7. The Balaban J connectivity index is 2.96. The van der Waals surface area contributed by atoms with E-state index in [1.807, 2.05) is 31.5 Å². The zero-order valence-electron chi connectivity index (χ0n) is 12.1. The van der Waals surface area contributed by atoms with Crippen molar-refractivity contribution < 1.29 is 14.7 Å². The second-order valence-corrected chi connectivity index (χ2v) is 5.89. The van der Waals surface area contributed by atoms with Crippen LogP contribution in [0.3, 0.4) is 0 Å². The lowest BCUT2D eigenvalue weighted by atomic mass is 10.2. The van der Waals surface area contributed by atoms with E-state index in [2.05, 4.69) is 15.9 Å². The van der Waals surface area contributed by atoms with Crippen LogP contribution in [0, 0.1) is 0 Å². The summed E-state index contributed by atoms with van der Waals surface area (Å²) in [6.45, 7) is 6.81. The number of carboxylic acid groups (broad SMARTS) is 1. The van der Waals surface area contributed by atoms with Gasteiger partial charge in [-0.15, -0.1) is 0 Å². The van der Waals surface area contributed by atoms with Gasteiger partial charge in [-0.3, -0.25) is 9.59 Å². The van der Waals surface area contributed by atoms with Crippen LogP contribution in [0.15, 0.2) is 16.7 Å². The molecule has 0 bridgehead atoms. The summed E-state index contributed by atoms with van der Waals surface area (Å²) in [5.74, 6) is -1.02. The highest BCUT2D eigenvalue weighted by molar-refractivity contribution is 9.10. The molecule has 1 heterocycles. The third kappa shape index (κ3) is 4.37. The maximum absolute atomic E-state index is 12.6. The maximum atomic E-state index is 12.6. The number of aliphatic carboxylic acids is 1. The Hall–Kier alpha value is -1.30. The van der Waals surface area contributed by atoms with Crippen LogP contribution in [0.4, 0.5) is 0 Å². The average molecular weight is 345 g/mol. The van der Waals surface area contributed by atoms with Crippen LogP contribution in [0.2, 0.25) is 0 Å². The maximum Gasteiger partial charge on any atom is 0.305 e. The number of nitrogens with zero attached hydrogens (tertiary/aromatic N) is 2. The number of aryl methyl sites for hydroxylation is 1. The van der Waals surface area contributed by atoms with E-state index in [1.54, 1.807) is 11.0 Å². The summed E-state index contributed by atoms with van der Waals surface area (Å²) in [5, 5.41) is 8.79. The summed E-state index contributed by atoms with van der Waals surface area (Å²) in [6.07, 6.45) is 2.77. The van der Waals surface area contributed by atoms with Crippen molar-refractivity contribution >= 4 is 27.8 Å². The van der Waals surface area contributed by atoms with Crippen LogP contribution in [-0.2, 0) is 11.3 Å². The van der Waals surface area contributed by atoms with Crippen LogP contribution in [-0.4, -0.2) is 39.0 Å². The first-order chi connectivity index (χ1) is 9.36. The van der Waals surface area contributed by atoms with Gasteiger partial charge in [0.1, 0.15) is 5.69 Å². The molecule has 1 amide bonds.